The highest BCUT2D eigenvalue weighted by Gasteiger charge is 2.32. The van der Waals surface area contributed by atoms with Crippen molar-refractivity contribution < 1.29 is 19.1 Å². The number of rotatable bonds is 6. The largest absolute Gasteiger partial charge is 0.493 e. The minimum Gasteiger partial charge on any atom is -0.493 e. The number of hydrogen-bond donors (Lipinski definition) is 1. The predicted molar refractivity (Wildman–Crippen MR) is 90.1 cm³/mol. The van der Waals surface area contributed by atoms with Gasteiger partial charge in [-0.15, -0.1) is 0 Å². The van der Waals surface area contributed by atoms with Crippen molar-refractivity contribution in [3.8, 4) is 11.5 Å². The molecule has 0 aromatic heterocycles. The van der Waals surface area contributed by atoms with Crippen LogP contribution in [-0.4, -0.2) is 69.1 Å². The number of nitrogens with one attached hydrogen (secondary N) is 1. The van der Waals surface area contributed by atoms with Gasteiger partial charge < -0.3 is 19.7 Å². The van der Waals surface area contributed by atoms with Gasteiger partial charge in [0, 0.05) is 39.3 Å². The number of ether oxygens (including phenoxy) is 2. The standard InChI is InChI=1S/C17H25N3O4/c1-19(2)15(21)10-13-17(22)18-8-9-20(13)11-12-6-5-7-14(23-3)16(12)24-4/h5-7,13H,8-11H2,1-4H3,(H,18,22)/t13-/m1/s1. The Kier molecular flexibility index (Phi) is 6.03. The van der Waals surface area contributed by atoms with E-state index in [-0.39, 0.29) is 18.2 Å². The molecule has 2 amide bonds. The van der Waals surface area contributed by atoms with Crippen molar-refractivity contribution in [3.63, 3.8) is 0 Å². The van der Waals surface area contributed by atoms with Crippen molar-refractivity contribution in [2.45, 2.75) is 19.0 Å². The van der Waals surface area contributed by atoms with Gasteiger partial charge in [0.25, 0.3) is 0 Å². The lowest BCUT2D eigenvalue weighted by Crippen LogP contribution is -2.56. The summed E-state index contributed by atoms with van der Waals surface area (Å²) in [5.74, 6) is 1.12. The Balaban J connectivity index is 2.22. The first-order valence-corrected chi connectivity index (χ1v) is 7.89. The van der Waals surface area contributed by atoms with E-state index in [1.54, 1.807) is 28.3 Å². The van der Waals surface area contributed by atoms with Gasteiger partial charge in [0.1, 0.15) is 0 Å². The second kappa shape index (κ2) is 8.01. The molecule has 2 rings (SSSR count). The van der Waals surface area contributed by atoms with Crippen LogP contribution in [0.4, 0.5) is 0 Å². The van der Waals surface area contributed by atoms with Crippen molar-refractivity contribution >= 4 is 11.8 Å². The van der Waals surface area contributed by atoms with Crippen LogP contribution in [0.3, 0.4) is 0 Å². The molecular weight excluding hydrogens is 310 g/mol. The van der Waals surface area contributed by atoms with Crippen LogP contribution >= 0.6 is 0 Å². The highest BCUT2D eigenvalue weighted by Crippen LogP contribution is 2.32. The first kappa shape index (κ1) is 18.1. The van der Waals surface area contributed by atoms with Gasteiger partial charge >= 0.3 is 0 Å². The Hall–Kier alpha value is -2.28. The average Bonchev–Trinajstić information content (AvgIpc) is 2.57. The number of nitrogens with zero attached hydrogens (tertiary/aromatic N) is 2. The molecule has 1 aliphatic heterocycles. The van der Waals surface area contributed by atoms with Crippen LogP contribution in [0.15, 0.2) is 18.2 Å². The van der Waals surface area contributed by atoms with E-state index in [0.717, 1.165) is 5.56 Å². The van der Waals surface area contributed by atoms with Crippen molar-refractivity contribution in [2.24, 2.45) is 0 Å². The van der Waals surface area contributed by atoms with Crippen LogP contribution in [-0.2, 0) is 16.1 Å². The highest BCUT2D eigenvalue weighted by atomic mass is 16.5. The van der Waals surface area contributed by atoms with Crippen LogP contribution in [0, 0.1) is 0 Å². The molecule has 1 saturated heterocycles. The monoisotopic (exact) mass is 335 g/mol. The maximum absolute atomic E-state index is 12.3. The third-order valence-electron chi connectivity index (χ3n) is 4.17. The third-order valence-corrected chi connectivity index (χ3v) is 4.17. The van der Waals surface area contributed by atoms with Gasteiger partial charge in [-0.2, -0.15) is 0 Å². The van der Waals surface area contributed by atoms with E-state index in [4.69, 9.17) is 9.47 Å². The number of piperazine rings is 1. The lowest BCUT2D eigenvalue weighted by Gasteiger charge is -2.35. The Labute approximate surface area is 142 Å². The molecule has 24 heavy (non-hydrogen) atoms. The van der Waals surface area contributed by atoms with Gasteiger partial charge in [-0.3, -0.25) is 14.5 Å². The number of amides is 2. The molecule has 132 valence electrons. The number of carbonyl (C=O) groups is 2. The molecule has 7 heteroatoms. The molecule has 0 radical (unpaired) electrons. The van der Waals surface area contributed by atoms with Gasteiger partial charge in [-0.05, 0) is 6.07 Å². The highest BCUT2D eigenvalue weighted by molar-refractivity contribution is 5.88. The van der Waals surface area contributed by atoms with E-state index in [1.807, 2.05) is 23.1 Å². The molecule has 1 aromatic carbocycles. The van der Waals surface area contributed by atoms with E-state index < -0.39 is 6.04 Å². The lowest BCUT2D eigenvalue weighted by molar-refractivity contribution is -0.137. The Morgan fingerprint density at radius 1 is 1.33 bits per heavy atom. The van der Waals surface area contributed by atoms with Crippen LogP contribution in [0.1, 0.15) is 12.0 Å². The summed E-state index contributed by atoms with van der Waals surface area (Å²) in [5.41, 5.74) is 0.925. The maximum atomic E-state index is 12.3. The first-order chi connectivity index (χ1) is 11.5. The third kappa shape index (κ3) is 3.97. The molecule has 1 atom stereocenters. The minimum atomic E-state index is -0.482. The molecule has 1 fully saturated rings. The number of methoxy groups -OCH3 is 2. The van der Waals surface area contributed by atoms with Gasteiger partial charge in [-0.1, -0.05) is 12.1 Å². The summed E-state index contributed by atoms with van der Waals surface area (Å²) in [4.78, 5) is 27.8. The second-order valence-electron chi connectivity index (χ2n) is 5.92. The summed E-state index contributed by atoms with van der Waals surface area (Å²) >= 11 is 0. The Morgan fingerprint density at radius 2 is 2.08 bits per heavy atom. The lowest BCUT2D eigenvalue weighted by atomic mass is 10.1. The fourth-order valence-electron chi connectivity index (χ4n) is 2.82. The topological polar surface area (TPSA) is 71.1 Å². The SMILES string of the molecule is COc1cccc(CN2CCNC(=O)[C@H]2CC(=O)N(C)C)c1OC. The summed E-state index contributed by atoms with van der Waals surface area (Å²) < 4.78 is 10.8. The maximum Gasteiger partial charge on any atom is 0.237 e. The van der Waals surface area contributed by atoms with E-state index >= 15 is 0 Å². The fraction of sp³-hybridized carbons (Fsp3) is 0.529. The van der Waals surface area contributed by atoms with Crippen molar-refractivity contribution in [3.05, 3.63) is 23.8 Å². The van der Waals surface area contributed by atoms with Gasteiger partial charge in [0.05, 0.1) is 26.7 Å². The summed E-state index contributed by atoms with van der Waals surface area (Å²) in [6.45, 7) is 1.76. The summed E-state index contributed by atoms with van der Waals surface area (Å²) in [6.07, 6.45) is 0.158. The Bertz CT molecular complexity index is 603. The van der Waals surface area contributed by atoms with Crippen LogP contribution < -0.4 is 14.8 Å². The van der Waals surface area contributed by atoms with E-state index in [2.05, 4.69) is 5.32 Å². The zero-order chi connectivity index (χ0) is 17.7. The van der Waals surface area contributed by atoms with E-state index in [1.165, 1.54) is 4.90 Å². The number of hydrogen-bond acceptors (Lipinski definition) is 5. The Morgan fingerprint density at radius 3 is 2.71 bits per heavy atom. The predicted octanol–water partition coefficient (Wildman–Crippen LogP) is 0.483. The number of carbonyl (C=O) groups excluding carboxylic acids is 2. The van der Waals surface area contributed by atoms with Crippen LogP contribution in [0.25, 0.3) is 0 Å². The van der Waals surface area contributed by atoms with Crippen LogP contribution in [0.2, 0.25) is 0 Å². The second-order valence-corrected chi connectivity index (χ2v) is 5.92. The van der Waals surface area contributed by atoms with E-state index in [0.29, 0.717) is 31.1 Å². The van der Waals surface area contributed by atoms with Crippen molar-refractivity contribution in [1.29, 1.82) is 0 Å². The molecule has 1 aromatic rings. The quantitative estimate of drug-likeness (QED) is 0.819. The molecule has 7 nitrogen and oxygen atoms in total. The molecule has 1 N–H and O–H groups in total. The van der Waals surface area contributed by atoms with Crippen molar-refractivity contribution in [2.75, 3.05) is 41.4 Å². The molecule has 0 aliphatic carbocycles. The van der Waals surface area contributed by atoms with E-state index in [9.17, 15) is 9.59 Å². The summed E-state index contributed by atoms with van der Waals surface area (Å²) in [7, 11) is 6.57. The number of para-hydroxylation sites is 1. The molecule has 1 heterocycles. The van der Waals surface area contributed by atoms with Gasteiger partial charge in [0.15, 0.2) is 11.5 Å². The normalized spacial score (nSPS) is 18.0. The molecule has 0 saturated carbocycles. The first-order valence-electron chi connectivity index (χ1n) is 7.89. The molecule has 0 unspecified atom stereocenters. The zero-order valence-electron chi connectivity index (χ0n) is 14.7. The zero-order valence-corrected chi connectivity index (χ0v) is 14.7. The molecule has 0 spiro atoms. The fourth-order valence-corrected chi connectivity index (χ4v) is 2.82. The van der Waals surface area contributed by atoms with Gasteiger partial charge in [0.2, 0.25) is 11.8 Å². The molecule has 1 aliphatic rings. The summed E-state index contributed by atoms with van der Waals surface area (Å²) in [5, 5.41) is 2.84. The molecular formula is C17H25N3O4. The number of benzene rings is 1. The smallest absolute Gasteiger partial charge is 0.237 e. The van der Waals surface area contributed by atoms with Crippen molar-refractivity contribution in [1.82, 2.24) is 15.1 Å². The summed E-state index contributed by atoms with van der Waals surface area (Å²) in [6, 6.07) is 5.18. The van der Waals surface area contributed by atoms with Gasteiger partial charge in [-0.25, -0.2) is 0 Å². The van der Waals surface area contributed by atoms with Crippen LogP contribution in [0.5, 0.6) is 11.5 Å². The average molecular weight is 335 g/mol. The molecule has 0 bridgehead atoms. The minimum absolute atomic E-state index is 0.0698.